The molecule has 1 saturated carbocycles. The van der Waals surface area contributed by atoms with Crippen LogP contribution in [0, 0.1) is 0 Å². The van der Waals surface area contributed by atoms with Gasteiger partial charge in [0.25, 0.3) is 0 Å². The highest BCUT2D eigenvalue weighted by Crippen LogP contribution is 2.38. The molecular formula is C22H28N2O4. The zero-order valence-electron chi connectivity index (χ0n) is 16.5. The van der Waals surface area contributed by atoms with Gasteiger partial charge in [-0.25, -0.2) is 0 Å². The zero-order chi connectivity index (χ0) is 19.8. The van der Waals surface area contributed by atoms with Crippen LogP contribution in [0.25, 0.3) is 0 Å². The molecule has 1 N–H and O–H groups in total. The van der Waals surface area contributed by atoms with E-state index < -0.39 is 0 Å². The van der Waals surface area contributed by atoms with Crippen LogP contribution in [0.15, 0.2) is 42.7 Å². The highest BCUT2D eigenvalue weighted by atomic mass is 16.5. The summed E-state index contributed by atoms with van der Waals surface area (Å²) in [5.74, 6) is 2.09. The number of amides is 1. The summed E-state index contributed by atoms with van der Waals surface area (Å²) in [5.41, 5.74) is 1.13. The number of rotatable bonds is 8. The standard InChI is InChI=1S/C22H28N2O4/c1-26-19-4-3-5-20(22(19)27-2)28-18-9-7-17(8-10-18)24-21(25)11-6-16-12-14-23-15-13-16/h3-5,12-15,17-18H,6-11H2,1-2H3,(H,24,25). The molecule has 1 amide bonds. The topological polar surface area (TPSA) is 69.7 Å². The van der Waals surface area contributed by atoms with Crippen molar-refractivity contribution >= 4 is 5.91 Å². The first-order valence-electron chi connectivity index (χ1n) is 9.75. The second-order valence-corrected chi connectivity index (χ2v) is 7.01. The van der Waals surface area contributed by atoms with Gasteiger partial charge < -0.3 is 19.5 Å². The van der Waals surface area contributed by atoms with Crippen molar-refractivity contribution in [2.45, 2.75) is 50.7 Å². The third-order valence-electron chi connectivity index (χ3n) is 5.09. The summed E-state index contributed by atoms with van der Waals surface area (Å²) in [6.07, 6.45) is 8.49. The monoisotopic (exact) mass is 384 g/mol. The molecule has 1 aliphatic carbocycles. The quantitative estimate of drug-likeness (QED) is 0.754. The van der Waals surface area contributed by atoms with Crippen LogP contribution in [0.3, 0.4) is 0 Å². The number of carbonyl (C=O) groups is 1. The number of ether oxygens (including phenoxy) is 3. The summed E-state index contributed by atoms with van der Waals surface area (Å²) in [7, 11) is 3.23. The maximum Gasteiger partial charge on any atom is 0.220 e. The largest absolute Gasteiger partial charge is 0.493 e. The van der Waals surface area contributed by atoms with E-state index in [0.29, 0.717) is 23.7 Å². The summed E-state index contributed by atoms with van der Waals surface area (Å²) in [6, 6.07) is 9.76. The Labute approximate surface area is 166 Å². The number of hydrogen-bond acceptors (Lipinski definition) is 5. The van der Waals surface area contributed by atoms with E-state index in [9.17, 15) is 4.79 Å². The molecule has 3 rings (SSSR count). The van der Waals surface area contributed by atoms with Crippen LogP contribution in [0.4, 0.5) is 0 Å². The van der Waals surface area contributed by atoms with E-state index in [2.05, 4.69) is 10.3 Å². The van der Waals surface area contributed by atoms with E-state index in [0.717, 1.165) is 37.7 Å². The normalized spacial score (nSPS) is 18.9. The lowest BCUT2D eigenvalue weighted by molar-refractivity contribution is -0.122. The van der Waals surface area contributed by atoms with Crippen molar-refractivity contribution in [1.29, 1.82) is 0 Å². The number of pyridine rings is 1. The molecule has 0 saturated heterocycles. The van der Waals surface area contributed by atoms with Crippen molar-refractivity contribution < 1.29 is 19.0 Å². The minimum absolute atomic E-state index is 0.107. The van der Waals surface area contributed by atoms with E-state index >= 15 is 0 Å². The SMILES string of the molecule is COc1cccc(OC2CCC(NC(=O)CCc3ccncc3)CC2)c1OC. The van der Waals surface area contributed by atoms with Crippen molar-refractivity contribution in [3.8, 4) is 17.2 Å². The van der Waals surface area contributed by atoms with Crippen molar-refractivity contribution in [2.75, 3.05) is 14.2 Å². The summed E-state index contributed by atoms with van der Waals surface area (Å²) in [5, 5.41) is 3.16. The lowest BCUT2D eigenvalue weighted by atomic mass is 9.92. The average Bonchev–Trinajstić information content (AvgIpc) is 2.74. The number of hydrogen-bond donors (Lipinski definition) is 1. The predicted octanol–water partition coefficient (Wildman–Crippen LogP) is 3.54. The van der Waals surface area contributed by atoms with Crippen molar-refractivity contribution in [3.05, 3.63) is 48.3 Å². The molecule has 28 heavy (non-hydrogen) atoms. The fourth-order valence-corrected chi connectivity index (χ4v) is 3.56. The van der Waals surface area contributed by atoms with Crippen LogP contribution in [0.2, 0.25) is 0 Å². The van der Waals surface area contributed by atoms with Crippen LogP contribution in [0.1, 0.15) is 37.7 Å². The third-order valence-corrected chi connectivity index (χ3v) is 5.09. The molecule has 150 valence electrons. The van der Waals surface area contributed by atoms with Crippen LogP contribution in [-0.4, -0.2) is 37.3 Å². The van der Waals surface area contributed by atoms with Crippen molar-refractivity contribution in [3.63, 3.8) is 0 Å². The van der Waals surface area contributed by atoms with E-state index in [-0.39, 0.29) is 18.1 Å². The average molecular weight is 384 g/mol. The summed E-state index contributed by atoms with van der Waals surface area (Å²) in [4.78, 5) is 16.2. The number of aromatic nitrogens is 1. The van der Waals surface area contributed by atoms with Gasteiger partial charge >= 0.3 is 0 Å². The van der Waals surface area contributed by atoms with Gasteiger partial charge in [-0.2, -0.15) is 0 Å². The molecule has 1 heterocycles. The van der Waals surface area contributed by atoms with Gasteiger partial charge in [-0.05, 0) is 61.9 Å². The Morgan fingerprint density at radius 3 is 2.43 bits per heavy atom. The first-order chi connectivity index (χ1) is 13.7. The van der Waals surface area contributed by atoms with Gasteiger partial charge in [0.1, 0.15) is 0 Å². The second-order valence-electron chi connectivity index (χ2n) is 7.01. The van der Waals surface area contributed by atoms with E-state index in [4.69, 9.17) is 14.2 Å². The number of carbonyl (C=O) groups excluding carboxylic acids is 1. The molecule has 2 aromatic rings. The highest BCUT2D eigenvalue weighted by Gasteiger charge is 2.25. The lowest BCUT2D eigenvalue weighted by Crippen LogP contribution is -2.39. The lowest BCUT2D eigenvalue weighted by Gasteiger charge is -2.30. The number of para-hydroxylation sites is 1. The van der Waals surface area contributed by atoms with Gasteiger partial charge in [-0.3, -0.25) is 9.78 Å². The summed E-state index contributed by atoms with van der Waals surface area (Å²) in [6.45, 7) is 0. The maximum atomic E-state index is 12.2. The summed E-state index contributed by atoms with van der Waals surface area (Å²) < 4.78 is 16.9. The van der Waals surface area contributed by atoms with E-state index in [1.807, 2.05) is 30.3 Å². The van der Waals surface area contributed by atoms with Crippen LogP contribution in [-0.2, 0) is 11.2 Å². The molecular weight excluding hydrogens is 356 g/mol. The number of methoxy groups -OCH3 is 2. The van der Waals surface area contributed by atoms with Crippen LogP contribution < -0.4 is 19.5 Å². The van der Waals surface area contributed by atoms with E-state index in [1.165, 1.54) is 0 Å². The fourth-order valence-electron chi connectivity index (χ4n) is 3.56. The second kappa shape index (κ2) is 9.97. The Balaban J connectivity index is 1.44. The predicted molar refractivity (Wildman–Crippen MR) is 107 cm³/mol. The molecule has 0 aliphatic heterocycles. The minimum Gasteiger partial charge on any atom is -0.493 e. The van der Waals surface area contributed by atoms with Crippen molar-refractivity contribution in [2.24, 2.45) is 0 Å². The Morgan fingerprint density at radius 1 is 1.04 bits per heavy atom. The number of nitrogens with one attached hydrogen (secondary N) is 1. The molecule has 0 radical (unpaired) electrons. The molecule has 1 aromatic heterocycles. The fraction of sp³-hybridized carbons (Fsp3) is 0.455. The Kier molecular flexibility index (Phi) is 7.12. The van der Waals surface area contributed by atoms with E-state index in [1.54, 1.807) is 26.6 Å². The third kappa shape index (κ3) is 5.38. The molecule has 0 spiro atoms. The summed E-state index contributed by atoms with van der Waals surface area (Å²) >= 11 is 0. The Hall–Kier alpha value is -2.76. The molecule has 6 heteroatoms. The number of benzene rings is 1. The molecule has 0 atom stereocenters. The minimum atomic E-state index is 0.107. The number of aryl methyl sites for hydroxylation is 1. The van der Waals surface area contributed by atoms with Gasteiger partial charge in [0.15, 0.2) is 11.5 Å². The molecule has 6 nitrogen and oxygen atoms in total. The molecule has 0 unspecified atom stereocenters. The van der Waals surface area contributed by atoms with Gasteiger partial charge in [-0.1, -0.05) is 6.07 Å². The van der Waals surface area contributed by atoms with Gasteiger partial charge in [0.2, 0.25) is 11.7 Å². The molecule has 1 aromatic carbocycles. The number of nitrogens with zero attached hydrogens (tertiary/aromatic N) is 1. The van der Waals surface area contributed by atoms with Crippen LogP contribution in [0.5, 0.6) is 17.2 Å². The molecule has 1 aliphatic rings. The van der Waals surface area contributed by atoms with Gasteiger partial charge in [-0.15, -0.1) is 0 Å². The van der Waals surface area contributed by atoms with Gasteiger partial charge in [0, 0.05) is 24.9 Å². The Bertz CT molecular complexity index is 758. The highest BCUT2D eigenvalue weighted by molar-refractivity contribution is 5.76. The molecule has 0 bridgehead atoms. The van der Waals surface area contributed by atoms with Gasteiger partial charge in [0.05, 0.1) is 20.3 Å². The zero-order valence-corrected chi connectivity index (χ0v) is 16.5. The van der Waals surface area contributed by atoms with Crippen LogP contribution >= 0.6 is 0 Å². The molecule has 1 fully saturated rings. The maximum absolute atomic E-state index is 12.2. The smallest absolute Gasteiger partial charge is 0.220 e. The first kappa shape index (κ1) is 20.0. The Morgan fingerprint density at radius 2 is 1.75 bits per heavy atom. The van der Waals surface area contributed by atoms with Crippen molar-refractivity contribution in [1.82, 2.24) is 10.3 Å². The first-order valence-corrected chi connectivity index (χ1v) is 9.75.